The van der Waals surface area contributed by atoms with E-state index >= 15 is 0 Å². The maximum absolute atomic E-state index is 14.0. The number of hydrogen-bond acceptors (Lipinski definition) is 5. The molecule has 6 nitrogen and oxygen atoms in total. The van der Waals surface area contributed by atoms with Crippen LogP contribution in [-0.4, -0.2) is 67.2 Å². The van der Waals surface area contributed by atoms with Crippen molar-refractivity contribution in [3.63, 3.8) is 0 Å². The molecule has 0 radical (unpaired) electrons. The van der Waals surface area contributed by atoms with Crippen LogP contribution in [-0.2, 0) is 20.7 Å². The summed E-state index contributed by atoms with van der Waals surface area (Å²) in [6.07, 6.45) is 0.952. The van der Waals surface area contributed by atoms with Crippen molar-refractivity contribution < 1.29 is 27.5 Å². The predicted octanol–water partition coefficient (Wildman–Crippen LogP) is 6.11. The third kappa shape index (κ3) is 7.59. The second-order valence-electron chi connectivity index (χ2n) is 12.8. The average molecular weight is 596 g/mol. The summed E-state index contributed by atoms with van der Waals surface area (Å²) in [6.45, 7) is 2.40. The summed E-state index contributed by atoms with van der Waals surface area (Å²) in [7, 11) is 1.43. The normalized spacial score (nSPS) is 25.4. The van der Waals surface area contributed by atoms with Gasteiger partial charge in [-0.2, -0.15) is 18.4 Å². The largest absolute Gasteiger partial charge is 0.471 e. The molecule has 1 heterocycles. The first-order valence-electron chi connectivity index (χ1n) is 15.3. The molecule has 0 aromatic heterocycles. The van der Waals surface area contributed by atoms with E-state index < -0.39 is 23.5 Å². The lowest BCUT2D eigenvalue weighted by Crippen LogP contribution is -2.53. The summed E-state index contributed by atoms with van der Waals surface area (Å²) in [5.41, 5.74) is 1.84. The number of rotatable bonds is 9. The van der Waals surface area contributed by atoms with Gasteiger partial charge in [0.1, 0.15) is 0 Å². The van der Waals surface area contributed by atoms with Crippen molar-refractivity contribution in [2.24, 2.45) is 17.3 Å². The lowest BCUT2D eigenvalue weighted by molar-refractivity contribution is -0.188. The highest BCUT2D eigenvalue weighted by atomic mass is 19.4. The van der Waals surface area contributed by atoms with Crippen molar-refractivity contribution in [3.8, 4) is 6.07 Å². The van der Waals surface area contributed by atoms with Crippen LogP contribution in [0.25, 0.3) is 0 Å². The van der Waals surface area contributed by atoms with Gasteiger partial charge in [0.25, 0.3) is 0 Å². The van der Waals surface area contributed by atoms with Gasteiger partial charge in [-0.05, 0) is 99.0 Å². The molecule has 5 rings (SSSR count). The quantitative estimate of drug-likeness (QED) is 0.327. The molecular formula is C34H40F3N3O3. The number of benzene rings is 2. The minimum atomic E-state index is -4.95. The average Bonchev–Trinajstić information content (AvgIpc) is 3.82. The third-order valence-corrected chi connectivity index (χ3v) is 9.84. The Bertz CT molecular complexity index is 1310. The van der Waals surface area contributed by atoms with Gasteiger partial charge in [-0.25, -0.2) is 0 Å². The highest BCUT2D eigenvalue weighted by Crippen LogP contribution is 2.48. The van der Waals surface area contributed by atoms with Crippen LogP contribution in [0.15, 0.2) is 54.6 Å². The Labute approximate surface area is 251 Å². The van der Waals surface area contributed by atoms with Gasteiger partial charge < -0.3 is 14.5 Å². The van der Waals surface area contributed by atoms with Gasteiger partial charge in [-0.3, -0.25) is 9.59 Å². The van der Waals surface area contributed by atoms with Gasteiger partial charge in [-0.1, -0.05) is 42.5 Å². The first kappa shape index (κ1) is 31.1. The third-order valence-electron chi connectivity index (χ3n) is 9.84. The molecule has 2 atom stereocenters. The summed E-state index contributed by atoms with van der Waals surface area (Å²) in [5, 5.41) is 9.45. The molecule has 230 valence electrons. The molecule has 1 aliphatic heterocycles. The number of nitriles is 1. The fourth-order valence-electron chi connectivity index (χ4n) is 7.35. The molecule has 2 aromatic carbocycles. The van der Waals surface area contributed by atoms with E-state index in [1.165, 1.54) is 7.11 Å². The van der Waals surface area contributed by atoms with Crippen molar-refractivity contribution in [2.45, 2.75) is 69.5 Å². The van der Waals surface area contributed by atoms with Gasteiger partial charge in [0.05, 0.1) is 24.7 Å². The van der Waals surface area contributed by atoms with Crippen LogP contribution in [0.2, 0.25) is 0 Å². The van der Waals surface area contributed by atoms with Crippen LogP contribution in [0.3, 0.4) is 0 Å². The zero-order valence-corrected chi connectivity index (χ0v) is 24.7. The Kier molecular flexibility index (Phi) is 9.45. The van der Waals surface area contributed by atoms with Gasteiger partial charge in [0.15, 0.2) is 0 Å². The lowest BCUT2D eigenvalue weighted by atomic mass is 9.72. The molecule has 2 saturated carbocycles. The van der Waals surface area contributed by atoms with Crippen molar-refractivity contribution in [1.82, 2.24) is 9.80 Å². The van der Waals surface area contributed by atoms with E-state index in [1.807, 2.05) is 48.5 Å². The van der Waals surface area contributed by atoms with E-state index in [9.17, 15) is 28.0 Å². The Morgan fingerprint density at radius 2 is 1.74 bits per heavy atom. The zero-order chi connectivity index (χ0) is 30.6. The second kappa shape index (κ2) is 13.1. The van der Waals surface area contributed by atoms with E-state index in [-0.39, 0.29) is 24.3 Å². The fourth-order valence-corrected chi connectivity index (χ4v) is 7.35. The summed E-state index contributed by atoms with van der Waals surface area (Å²) < 4.78 is 46.9. The van der Waals surface area contributed by atoms with Crippen molar-refractivity contribution in [1.29, 1.82) is 5.26 Å². The molecule has 9 heteroatoms. The summed E-state index contributed by atoms with van der Waals surface area (Å²) in [6, 6.07) is 18.4. The molecule has 2 aliphatic carbocycles. The molecule has 0 N–H and O–H groups in total. The van der Waals surface area contributed by atoms with Crippen LogP contribution in [0, 0.1) is 28.6 Å². The Morgan fingerprint density at radius 1 is 1.05 bits per heavy atom. The van der Waals surface area contributed by atoms with Crippen molar-refractivity contribution >= 4 is 11.9 Å². The highest BCUT2D eigenvalue weighted by Gasteiger charge is 2.54. The van der Waals surface area contributed by atoms with Crippen LogP contribution in [0.4, 0.5) is 13.2 Å². The number of carbonyl (C=O) groups is 2. The minimum Gasteiger partial charge on any atom is -0.469 e. The number of esters is 1. The predicted molar refractivity (Wildman–Crippen MR) is 156 cm³/mol. The molecule has 43 heavy (non-hydrogen) atoms. The van der Waals surface area contributed by atoms with E-state index in [2.05, 4.69) is 11.0 Å². The molecule has 0 bridgehead atoms. The topological polar surface area (TPSA) is 73.6 Å². The minimum absolute atomic E-state index is 0.0290. The number of piperidine rings is 1. The van der Waals surface area contributed by atoms with E-state index in [4.69, 9.17) is 4.74 Å². The first-order chi connectivity index (χ1) is 20.6. The van der Waals surface area contributed by atoms with Crippen LogP contribution >= 0.6 is 0 Å². The molecule has 1 amide bonds. The van der Waals surface area contributed by atoms with Crippen LogP contribution < -0.4 is 0 Å². The number of nitrogens with zero attached hydrogens (tertiary/aromatic N) is 3. The second-order valence-corrected chi connectivity index (χ2v) is 12.8. The van der Waals surface area contributed by atoms with Crippen LogP contribution in [0.5, 0.6) is 0 Å². The number of ether oxygens (including phenoxy) is 1. The number of methoxy groups -OCH3 is 1. The fraction of sp³-hybridized carbons (Fsp3) is 0.559. The Balaban J connectivity index is 1.33. The van der Waals surface area contributed by atoms with E-state index in [1.54, 1.807) is 6.07 Å². The number of halogens is 3. The molecule has 3 fully saturated rings. The molecule has 0 spiro atoms. The molecule has 2 aromatic rings. The number of carbonyl (C=O) groups excluding carboxylic acids is 2. The summed E-state index contributed by atoms with van der Waals surface area (Å²) in [4.78, 5) is 28.4. The van der Waals surface area contributed by atoms with Crippen molar-refractivity contribution in [3.05, 3.63) is 71.3 Å². The Hall–Kier alpha value is -3.38. The Morgan fingerprint density at radius 3 is 2.37 bits per heavy atom. The van der Waals surface area contributed by atoms with Gasteiger partial charge >= 0.3 is 18.1 Å². The van der Waals surface area contributed by atoms with E-state index in [0.29, 0.717) is 37.2 Å². The summed E-state index contributed by atoms with van der Waals surface area (Å²) in [5.74, 6) is -1.55. The van der Waals surface area contributed by atoms with Gasteiger partial charge in [0, 0.05) is 25.0 Å². The van der Waals surface area contributed by atoms with Crippen molar-refractivity contribution in [2.75, 3.05) is 33.3 Å². The SMILES string of the molecule is COC(=O)C1CCC(CN2CCC(Cc3cccc(C#N)c3)(CN(C(=O)C(F)(F)F)[C@@H]3C[C@H]3c3ccccc3)CC2)CC1. The molecule has 1 saturated heterocycles. The lowest BCUT2D eigenvalue weighted by Gasteiger charge is -2.46. The van der Waals surface area contributed by atoms with Crippen LogP contribution in [0.1, 0.15) is 67.6 Å². The highest BCUT2D eigenvalue weighted by molar-refractivity contribution is 5.82. The number of alkyl halides is 3. The van der Waals surface area contributed by atoms with Gasteiger partial charge in [-0.15, -0.1) is 0 Å². The maximum Gasteiger partial charge on any atom is 0.471 e. The van der Waals surface area contributed by atoms with E-state index in [0.717, 1.165) is 61.3 Å². The maximum atomic E-state index is 14.0. The van der Waals surface area contributed by atoms with Gasteiger partial charge in [0.2, 0.25) is 0 Å². The number of hydrogen-bond donors (Lipinski definition) is 0. The molecular weight excluding hydrogens is 555 g/mol. The molecule has 3 aliphatic rings. The summed E-state index contributed by atoms with van der Waals surface area (Å²) >= 11 is 0. The first-order valence-corrected chi connectivity index (χ1v) is 15.3. The number of amides is 1. The molecule has 0 unspecified atom stereocenters. The smallest absolute Gasteiger partial charge is 0.469 e. The number of likely N-dealkylation sites (tertiary alicyclic amines) is 1. The standard InChI is InChI=1S/C34H40F3N3O3/c1-43-31(41)28-12-10-24(11-13-28)22-39-16-14-33(15-17-39,20-25-6-5-7-26(18-25)21-38)23-40(32(42)34(35,36)37)30-19-29(30)27-8-3-2-4-9-27/h2-9,18,24,28-30H,10-17,19-20,22-23H2,1H3/t24?,28?,29-,30+/m0/s1. The zero-order valence-electron chi connectivity index (χ0n) is 24.7. The monoisotopic (exact) mass is 595 g/mol.